The van der Waals surface area contributed by atoms with E-state index in [-0.39, 0.29) is 6.61 Å². The van der Waals surface area contributed by atoms with E-state index in [0.29, 0.717) is 0 Å². The number of carbonyl (C=O) groups is 2. The van der Waals surface area contributed by atoms with Crippen LogP contribution in [0.2, 0.25) is 0 Å². The molecule has 0 rings (SSSR count). The summed E-state index contributed by atoms with van der Waals surface area (Å²) in [6, 6.07) is -0.866. The van der Waals surface area contributed by atoms with Gasteiger partial charge in [0, 0.05) is 0 Å². The van der Waals surface area contributed by atoms with Crippen LogP contribution in [0.15, 0.2) is 0 Å². The maximum Gasteiger partial charge on any atom is 0.529 e. The van der Waals surface area contributed by atoms with Crippen molar-refractivity contribution in [2.45, 2.75) is 6.92 Å². The Morgan fingerprint density at radius 3 is 2.64 bits per heavy atom. The molecule has 64 valence electrons. The lowest BCUT2D eigenvalue weighted by atomic mass is 10.9. The Bertz CT molecular complexity index is 148. The first-order chi connectivity index (χ1) is 5.16. The number of nitrogens with one attached hydrogen (secondary N) is 2. The zero-order valence-corrected chi connectivity index (χ0v) is 5.92. The van der Waals surface area contributed by atoms with E-state index in [1.165, 1.54) is 0 Å². The third-order valence-corrected chi connectivity index (χ3v) is 0.571. The molecule has 0 aliphatic heterocycles. The summed E-state index contributed by atoms with van der Waals surface area (Å²) in [5.41, 5.74) is 8.18. The van der Waals surface area contributed by atoms with Gasteiger partial charge in [-0.25, -0.2) is 15.0 Å². The van der Waals surface area contributed by atoms with Crippen LogP contribution in [0.3, 0.4) is 0 Å². The highest BCUT2D eigenvalue weighted by molar-refractivity contribution is 5.71. The molecular weight excluding hydrogens is 154 g/mol. The second-order valence-electron chi connectivity index (χ2n) is 1.38. The molecule has 0 aromatic carbocycles. The number of hydrogen-bond donors (Lipinski definition) is 3. The zero-order chi connectivity index (χ0) is 8.69. The molecule has 7 heteroatoms. The van der Waals surface area contributed by atoms with Crippen LogP contribution in [-0.4, -0.2) is 18.8 Å². The number of primary amides is 1. The van der Waals surface area contributed by atoms with Gasteiger partial charge in [-0.15, -0.1) is 0 Å². The van der Waals surface area contributed by atoms with Crippen LogP contribution in [0.25, 0.3) is 0 Å². The summed E-state index contributed by atoms with van der Waals surface area (Å²) < 4.78 is 4.31. The molecule has 0 unspecified atom stereocenters. The molecule has 0 aromatic rings. The molecule has 0 bridgehead atoms. The molecule has 0 spiro atoms. The lowest BCUT2D eigenvalue weighted by molar-refractivity contribution is 0.00849. The molecule has 0 saturated carbocycles. The molecule has 0 saturated heterocycles. The fraction of sp³-hybridized carbons (Fsp3) is 0.500. The number of urea groups is 1. The minimum Gasteiger partial charge on any atom is -0.433 e. The molecule has 7 nitrogen and oxygen atoms in total. The van der Waals surface area contributed by atoms with Gasteiger partial charge in [0.25, 0.3) is 0 Å². The van der Waals surface area contributed by atoms with Crippen LogP contribution in [0, 0.1) is 0 Å². The highest BCUT2D eigenvalue weighted by Gasteiger charge is 2.00. The summed E-state index contributed by atoms with van der Waals surface area (Å²) in [5.74, 6) is 0. The van der Waals surface area contributed by atoms with Gasteiger partial charge in [0.15, 0.2) is 0 Å². The van der Waals surface area contributed by atoms with Gasteiger partial charge < -0.3 is 15.3 Å². The Morgan fingerprint density at radius 2 is 2.18 bits per heavy atom. The number of rotatable bonds is 3. The van der Waals surface area contributed by atoms with Crippen molar-refractivity contribution in [3.05, 3.63) is 0 Å². The van der Waals surface area contributed by atoms with E-state index in [9.17, 15) is 9.59 Å². The van der Waals surface area contributed by atoms with Crippen molar-refractivity contribution < 1.29 is 19.2 Å². The molecule has 0 aliphatic rings. The molecule has 0 aliphatic carbocycles. The zero-order valence-electron chi connectivity index (χ0n) is 5.92. The van der Waals surface area contributed by atoms with Crippen molar-refractivity contribution >= 4 is 12.2 Å². The minimum absolute atomic E-state index is 0.192. The highest BCUT2D eigenvalue weighted by Crippen LogP contribution is 1.78. The lowest BCUT2D eigenvalue weighted by Crippen LogP contribution is -2.42. The molecule has 0 aromatic heterocycles. The van der Waals surface area contributed by atoms with Gasteiger partial charge in [0.05, 0.1) is 6.61 Å². The van der Waals surface area contributed by atoms with E-state index < -0.39 is 12.2 Å². The fourth-order valence-electron chi connectivity index (χ4n) is 0.265. The fourth-order valence-corrected chi connectivity index (χ4v) is 0.265. The van der Waals surface area contributed by atoms with Crippen LogP contribution < -0.4 is 16.7 Å². The summed E-state index contributed by atoms with van der Waals surface area (Å²) in [7, 11) is 0. The third-order valence-electron chi connectivity index (χ3n) is 0.571. The molecular formula is C4H9N3O4. The van der Waals surface area contributed by atoms with Crippen molar-refractivity contribution in [3.63, 3.8) is 0 Å². The van der Waals surface area contributed by atoms with Crippen LogP contribution in [-0.2, 0) is 9.57 Å². The molecule has 0 radical (unpaired) electrons. The van der Waals surface area contributed by atoms with E-state index in [1.54, 1.807) is 17.9 Å². The topological polar surface area (TPSA) is 103 Å². The molecule has 0 heterocycles. The van der Waals surface area contributed by atoms with E-state index in [4.69, 9.17) is 0 Å². The Hall–Kier alpha value is -1.50. The largest absolute Gasteiger partial charge is 0.529 e. The van der Waals surface area contributed by atoms with Gasteiger partial charge in [0.2, 0.25) is 0 Å². The number of hydrogen-bond acceptors (Lipinski definition) is 5. The van der Waals surface area contributed by atoms with Gasteiger partial charge in [-0.2, -0.15) is 0 Å². The van der Waals surface area contributed by atoms with Crippen LogP contribution >= 0.6 is 0 Å². The van der Waals surface area contributed by atoms with E-state index in [1.807, 2.05) is 0 Å². The van der Waals surface area contributed by atoms with Gasteiger partial charge in [-0.1, -0.05) is 5.59 Å². The molecule has 4 N–H and O–H groups in total. The summed E-state index contributed by atoms with van der Waals surface area (Å²) >= 11 is 0. The van der Waals surface area contributed by atoms with Gasteiger partial charge in [0.1, 0.15) is 0 Å². The Balaban J connectivity index is 3.24. The van der Waals surface area contributed by atoms with Crippen molar-refractivity contribution in [2.75, 3.05) is 6.61 Å². The standard InChI is InChI=1S/C4H9N3O4/c1-2-10-4(9)11-7-6-3(5)8/h7H,2H2,1H3,(H3,5,6,8). The normalized spacial score (nSPS) is 8.45. The first kappa shape index (κ1) is 9.50. The smallest absolute Gasteiger partial charge is 0.433 e. The molecule has 0 fully saturated rings. The van der Waals surface area contributed by atoms with E-state index in [0.717, 1.165) is 0 Å². The Kier molecular flexibility index (Phi) is 4.58. The number of amides is 2. The number of ether oxygens (including phenoxy) is 1. The van der Waals surface area contributed by atoms with Gasteiger partial charge in [-0.05, 0) is 6.92 Å². The minimum atomic E-state index is -0.943. The highest BCUT2D eigenvalue weighted by atomic mass is 16.8. The molecule has 0 atom stereocenters. The van der Waals surface area contributed by atoms with Crippen molar-refractivity contribution in [1.29, 1.82) is 0 Å². The van der Waals surface area contributed by atoms with Crippen molar-refractivity contribution in [2.24, 2.45) is 5.73 Å². The Labute approximate surface area is 62.7 Å². The van der Waals surface area contributed by atoms with Gasteiger partial charge >= 0.3 is 12.2 Å². The van der Waals surface area contributed by atoms with Crippen molar-refractivity contribution in [3.8, 4) is 0 Å². The third kappa shape index (κ3) is 6.38. The maximum absolute atomic E-state index is 10.3. The lowest BCUT2D eigenvalue weighted by Gasteiger charge is -2.03. The predicted molar refractivity (Wildman–Crippen MR) is 34.0 cm³/mol. The molecule has 11 heavy (non-hydrogen) atoms. The van der Waals surface area contributed by atoms with E-state index >= 15 is 0 Å². The van der Waals surface area contributed by atoms with Crippen LogP contribution in [0.1, 0.15) is 6.92 Å². The summed E-state index contributed by atoms with van der Waals surface area (Å²) in [5, 5.41) is 0. The SMILES string of the molecule is CCOC(=O)ONNC(N)=O. The second kappa shape index (κ2) is 5.30. The second-order valence-corrected chi connectivity index (χ2v) is 1.38. The average molecular weight is 163 g/mol. The monoisotopic (exact) mass is 163 g/mol. The number of carbonyl (C=O) groups excluding carboxylic acids is 2. The number of hydrazine groups is 1. The van der Waals surface area contributed by atoms with Crippen molar-refractivity contribution in [1.82, 2.24) is 11.0 Å². The predicted octanol–water partition coefficient (Wildman–Crippen LogP) is -0.753. The summed E-state index contributed by atoms with van der Waals surface area (Å²) in [4.78, 5) is 24.4. The van der Waals surface area contributed by atoms with Crippen LogP contribution in [0.5, 0.6) is 0 Å². The maximum atomic E-state index is 10.3. The average Bonchev–Trinajstić information content (AvgIpc) is 1.87. The Morgan fingerprint density at radius 1 is 1.55 bits per heavy atom. The quantitative estimate of drug-likeness (QED) is 0.375. The summed E-state index contributed by atoms with van der Waals surface area (Å²) in [6.07, 6.45) is -0.943. The first-order valence-electron chi connectivity index (χ1n) is 2.81. The summed E-state index contributed by atoms with van der Waals surface area (Å²) in [6.45, 7) is 1.81. The van der Waals surface area contributed by atoms with Crippen LogP contribution in [0.4, 0.5) is 9.59 Å². The first-order valence-corrected chi connectivity index (χ1v) is 2.81. The van der Waals surface area contributed by atoms with E-state index in [2.05, 4.69) is 15.3 Å². The van der Waals surface area contributed by atoms with Gasteiger partial charge in [-0.3, -0.25) is 0 Å². The number of nitrogens with two attached hydrogens (primary N) is 1. The molecule has 2 amide bonds.